The highest BCUT2D eigenvalue weighted by molar-refractivity contribution is 5.73. The molecular weight excluding hydrogens is 440 g/mol. The molecule has 1 fully saturated rings. The number of benzene rings is 3. The minimum atomic E-state index is -1.15. The van der Waals surface area contributed by atoms with Gasteiger partial charge in [0.05, 0.1) is 11.0 Å². The first-order valence-corrected chi connectivity index (χ1v) is 11.2. The van der Waals surface area contributed by atoms with Crippen LogP contribution in [0.15, 0.2) is 60.7 Å². The lowest BCUT2D eigenvalue weighted by atomic mass is 9.82. The van der Waals surface area contributed by atoms with E-state index in [1.54, 1.807) is 36.4 Å². The first-order chi connectivity index (χ1) is 16.2. The van der Waals surface area contributed by atoms with Crippen molar-refractivity contribution < 1.29 is 18.4 Å². The van der Waals surface area contributed by atoms with Crippen LogP contribution in [0.4, 0.5) is 31.5 Å². The van der Waals surface area contributed by atoms with Crippen LogP contribution in [0.5, 0.6) is 5.75 Å². The number of hydrogen-bond acceptors (Lipinski definition) is 5. The molecule has 6 nitrogen and oxygen atoms in total. The molecule has 0 bridgehead atoms. The summed E-state index contributed by atoms with van der Waals surface area (Å²) in [6.07, 6.45) is 2.18. The summed E-state index contributed by atoms with van der Waals surface area (Å²) < 4.78 is 35.1. The van der Waals surface area contributed by atoms with Gasteiger partial charge in [0.15, 0.2) is 23.1 Å². The van der Waals surface area contributed by atoms with Gasteiger partial charge >= 0.3 is 0 Å². The summed E-state index contributed by atoms with van der Waals surface area (Å²) >= 11 is 0. The number of nitrogens with one attached hydrogen (secondary N) is 1. The van der Waals surface area contributed by atoms with Crippen molar-refractivity contribution in [3.05, 3.63) is 88.0 Å². The molecule has 0 saturated carbocycles. The van der Waals surface area contributed by atoms with Gasteiger partial charge in [-0.3, -0.25) is 10.1 Å². The normalized spacial score (nSPS) is 15.1. The van der Waals surface area contributed by atoms with Crippen LogP contribution < -0.4 is 15.0 Å². The van der Waals surface area contributed by atoms with Crippen LogP contribution in [0.2, 0.25) is 0 Å². The number of nitro benzene ring substituents is 1. The molecule has 1 heterocycles. The van der Waals surface area contributed by atoms with Gasteiger partial charge in [0.1, 0.15) is 6.61 Å². The Kier molecular flexibility index (Phi) is 6.68. The Labute approximate surface area is 197 Å². The second-order valence-electron chi connectivity index (χ2n) is 9.25. The molecule has 0 spiro atoms. The SMILES string of the molecule is CC1(C)CCN(c2ccc(Nc3c([N+](=O)[O-])cc(F)c(OCc4ccccc4)c3F)cc2)CC1. The van der Waals surface area contributed by atoms with Crippen molar-refractivity contribution in [3.8, 4) is 5.75 Å². The van der Waals surface area contributed by atoms with Gasteiger partial charge in [0.2, 0.25) is 0 Å². The molecule has 0 aromatic heterocycles. The van der Waals surface area contributed by atoms with Crippen LogP contribution in [0, 0.1) is 27.2 Å². The van der Waals surface area contributed by atoms with Gasteiger partial charge in [0.25, 0.3) is 5.69 Å². The molecule has 1 saturated heterocycles. The van der Waals surface area contributed by atoms with Crippen LogP contribution in [-0.4, -0.2) is 18.0 Å². The standard InChI is InChI=1S/C26H27F2N3O3/c1-26(2)12-14-30(15-13-26)20-10-8-19(9-11-20)29-24-22(31(32)33)16-21(27)25(23(24)28)34-17-18-6-4-3-5-7-18/h3-11,16,29H,12-15,17H2,1-2H3. The topological polar surface area (TPSA) is 67.6 Å². The minimum Gasteiger partial charge on any atom is -0.483 e. The number of nitro groups is 1. The fraction of sp³-hybridized carbons (Fsp3) is 0.308. The van der Waals surface area contributed by atoms with E-state index in [0.717, 1.165) is 31.6 Å². The zero-order valence-corrected chi connectivity index (χ0v) is 19.2. The number of rotatable bonds is 7. The summed E-state index contributed by atoms with van der Waals surface area (Å²) in [7, 11) is 0. The summed E-state index contributed by atoms with van der Waals surface area (Å²) in [5.41, 5.74) is 1.38. The fourth-order valence-corrected chi connectivity index (χ4v) is 3.98. The predicted molar refractivity (Wildman–Crippen MR) is 129 cm³/mol. The van der Waals surface area contributed by atoms with Crippen LogP contribution in [0.3, 0.4) is 0 Å². The lowest BCUT2D eigenvalue weighted by molar-refractivity contribution is -0.384. The third-order valence-corrected chi connectivity index (χ3v) is 6.20. The van der Waals surface area contributed by atoms with Crippen molar-refractivity contribution in [1.82, 2.24) is 0 Å². The van der Waals surface area contributed by atoms with E-state index in [4.69, 9.17) is 4.74 Å². The average Bonchev–Trinajstić information content (AvgIpc) is 2.81. The number of hydrogen-bond donors (Lipinski definition) is 1. The van der Waals surface area contributed by atoms with E-state index >= 15 is 4.39 Å². The molecule has 1 aliphatic rings. The molecule has 0 amide bonds. The second kappa shape index (κ2) is 9.67. The highest BCUT2D eigenvalue weighted by Gasteiger charge is 2.28. The predicted octanol–water partition coefficient (Wildman–Crippen LogP) is 6.82. The maximum Gasteiger partial charge on any atom is 0.298 e. The summed E-state index contributed by atoms with van der Waals surface area (Å²) in [5.74, 6) is -2.94. The van der Waals surface area contributed by atoms with Gasteiger partial charge in [-0.25, -0.2) is 8.78 Å². The highest BCUT2D eigenvalue weighted by Crippen LogP contribution is 2.39. The Balaban J connectivity index is 1.56. The lowest BCUT2D eigenvalue weighted by Gasteiger charge is -2.38. The first-order valence-electron chi connectivity index (χ1n) is 11.2. The van der Waals surface area contributed by atoms with Crippen molar-refractivity contribution in [3.63, 3.8) is 0 Å². The summed E-state index contributed by atoms with van der Waals surface area (Å²) in [6.45, 7) is 6.34. The van der Waals surface area contributed by atoms with Gasteiger partial charge in [-0.2, -0.15) is 0 Å². The number of anilines is 3. The number of halogens is 2. The van der Waals surface area contributed by atoms with Crippen LogP contribution in [0.1, 0.15) is 32.3 Å². The molecule has 34 heavy (non-hydrogen) atoms. The molecule has 178 valence electrons. The summed E-state index contributed by atoms with van der Waals surface area (Å²) in [6, 6.07) is 16.8. The van der Waals surface area contributed by atoms with Crippen molar-refractivity contribution in [2.75, 3.05) is 23.3 Å². The van der Waals surface area contributed by atoms with Gasteiger partial charge in [-0.15, -0.1) is 0 Å². The molecule has 1 aliphatic heterocycles. The van der Waals surface area contributed by atoms with E-state index in [2.05, 4.69) is 24.1 Å². The molecule has 0 aliphatic carbocycles. The Morgan fingerprint density at radius 1 is 1.06 bits per heavy atom. The molecule has 0 atom stereocenters. The third kappa shape index (κ3) is 5.27. The molecule has 3 aromatic carbocycles. The van der Waals surface area contributed by atoms with Gasteiger partial charge in [-0.05, 0) is 48.1 Å². The fourth-order valence-electron chi connectivity index (χ4n) is 3.98. The van der Waals surface area contributed by atoms with Crippen LogP contribution >= 0.6 is 0 Å². The maximum atomic E-state index is 15.2. The van der Waals surface area contributed by atoms with Crippen molar-refractivity contribution in [2.24, 2.45) is 5.41 Å². The van der Waals surface area contributed by atoms with E-state index in [1.807, 2.05) is 18.2 Å². The quantitative estimate of drug-likeness (QED) is 0.305. The Morgan fingerprint density at radius 3 is 2.32 bits per heavy atom. The average molecular weight is 468 g/mol. The third-order valence-electron chi connectivity index (χ3n) is 6.20. The maximum absolute atomic E-state index is 15.2. The zero-order valence-electron chi connectivity index (χ0n) is 19.2. The highest BCUT2D eigenvalue weighted by atomic mass is 19.1. The van der Waals surface area contributed by atoms with Gasteiger partial charge in [-0.1, -0.05) is 44.2 Å². The van der Waals surface area contributed by atoms with E-state index in [0.29, 0.717) is 22.7 Å². The van der Waals surface area contributed by atoms with E-state index in [9.17, 15) is 14.5 Å². The van der Waals surface area contributed by atoms with Crippen LogP contribution in [-0.2, 0) is 6.61 Å². The second-order valence-corrected chi connectivity index (χ2v) is 9.25. The Hall–Kier alpha value is -3.68. The van der Waals surface area contributed by atoms with Crippen molar-refractivity contribution in [1.29, 1.82) is 0 Å². The number of nitrogens with zero attached hydrogens (tertiary/aromatic N) is 2. The van der Waals surface area contributed by atoms with E-state index in [1.165, 1.54) is 0 Å². The molecule has 4 rings (SSSR count). The first kappa shape index (κ1) is 23.5. The number of piperidine rings is 1. The smallest absolute Gasteiger partial charge is 0.298 e. The van der Waals surface area contributed by atoms with Gasteiger partial charge < -0.3 is 15.0 Å². The molecule has 1 N–H and O–H groups in total. The summed E-state index contributed by atoms with van der Waals surface area (Å²) in [5, 5.41) is 14.3. The molecule has 0 unspecified atom stereocenters. The minimum absolute atomic E-state index is 0.0761. The van der Waals surface area contributed by atoms with Crippen molar-refractivity contribution >= 4 is 22.7 Å². The molecule has 8 heteroatoms. The molecule has 0 radical (unpaired) electrons. The van der Waals surface area contributed by atoms with Crippen LogP contribution in [0.25, 0.3) is 0 Å². The Bertz CT molecular complexity index is 1160. The molecular formula is C26H27F2N3O3. The molecule has 3 aromatic rings. The van der Waals surface area contributed by atoms with E-state index in [-0.39, 0.29) is 6.61 Å². The largest absolute Gasteiger partial charge is 0.483 e. The monoisotopic (exact) mass is 467 g/mol. The van der Waals surface area contributed by atoms with E-state index < -0.39 is 33.7 Å². The summed E-state index contributed by atoms with van der Waals surface area (Å²) in [4.78, 5) is 13.0. The lowest BCUT2D eigenvalue weighted by Crippen LogP contribution is -2.37. The Morgan fingerprint density at radius 2 is 1.71 bits per heavy atom. The van der Waals surface area contributed by atoms with Crippen molar-refractivity contribution in [2.45, 2.75) is 33.3 Å². The zero-order chi connectivity index (χ0) is 24.3. The number of ether oxygens (including phenoxy) is 1. The van der Waals surface area contributed by atoms with Gasteiger partial charge in [0, 0.05) is 24.5 Å².